The second-order valence-corrected chi connectivity index (χ2v) is 30.2. The van der Waals surface area contributed by atoms with E-state index in [4.69, 9.17) is 8.85 Å². The molecule has 0 radical (unpaired) electrons. The molecule has 0 unspecified atom stereocenters. The number of rotatable bonds is 4. The largest absolute Gasteiger partial charge is 1.00 e. The van der Waals surface area contributed by atoms with Crippen molar-refractivity contribution in [2.75, 3.05) is 0 Å². The van der Waals surface area contributed by atoms with E-state index in [1.54, 1.807) is 22.3 Å². The molecule has 0 aromatic heterocycles. The van der Waals surface area contributed by atoms with Gasteiger partial charge in [0.05, 0.1) is 0 Å². The molecule has 7 heteroatoms. The first kappa shape index (κ1) is 33.9. The normalized spacial score (nSPS) is 25.4. The molecule has 5 rings (SSSR count). The van der Waals surface area contributed by atoms with Crippen LogP contribution in [0.25, 0.3) is 0 Å². The molecule has 0 spiro atoms. The fraction of sp³-hybridized carbons (Fsp3) is 0.750. The predicted octanol–water partition coefficient (Wildman–Crippen LogP) is 4.77. The molecular formula is C32H52Cl2HfO2Si2. The van der Waals surface area contributed by atoms with Crippen LogP contribution in [0.2, 0.25) is 43.6 Å². The third kappa shape index (κ3) is 6.11. The third-order valence-electron chi connectivity index (χ3n) is 10.9. The summed E-state index contributed by atoms with van der Waals surface area (Å²) in [4.78, 5) is 0. The minimum atomic E-state index is -1.87. The Morgan fingerprint density at radius 3 is 1.21 bits per heavy atom. The number of hydrogen-bond acceptors (Lipinski definition) is 2. The zero-order valence-corrected chi connectivity index (χ0v) is 33.4. The number of hydrogen-bond donors (Lipinski definition) is 0. The van der Waals surface area contributed by atoms with E-state index in [2.05, 4.69) is 67.7 Å². The second kappa shape index (κ2) is 11.8. The molecule has 1 aliphatic heterocycles. The van der Waals surface area contributed by atoms with Crippen LogP contribution in [0.15, 0.2) is 45.0 Å². The zero-order chi connectivity index (χ0) is 27.0. The van der Waals surface area contributed by atoms with E-state index in [1.165, 1.54) is 75.7 Å². The van der Waals surface area contributed by atoms with E-state index in [0.717, 1.165) is 7.35 Å². The molecule has 1 heterocycles. The molecule has 1 fully saturated rings. The molecule has 0 N–H and O–H groups in total. The van der Waals surface area contributed by atoms with Gasteiger partial charge in [0.15, 0.2) is 0 Å². The van der Waals surface area contributed by atoms with E-state index in [0.29, 0.717) is 0 Å². The summed E-state index contributed by atoms with van der Waals surface area (Å²) < 4.78 is 16.2. The SMILES string of the molecule is CC(C)(C)[Si](C)(C)OC1=C2CCC3=C(O[Si](C)(C)C(C)(C)C)C4=C(CCCC4)[C@@H]3[Hf+2][C@@H]2C2=C1CCCC2.[Cl-].[Cl-]. The van der Waals surface area contributed by atoms with E-state index in [9.17, 15) is 0 Å². The predicted molar refractivity (Wildman–Crippen MR) is 158 cm³/mol. The first-order valence-corrected chi connectivity index (χ1v) is 25.1. The maximum atomic E-state index is 7.28. The van der Waals surface area contributed by atoms with Crippen LogP contribution in [0.3, 0.4) is 0 Å². The molecule has 4 aliphatic carbocycles. The van der Waals surface area contributed by atoms with Gasteiger partial charge in [-0.1, -0.05) is 0 Å². The van der Waals surface area contributed by atoms with Gasteiger partial charge in [-0.15, -0.1) is 0 Å². The Labute approximate surface area is 265 Å². The molecule has 5 aliphatic rings. The molecule has 1 saturated heterocycles. The molecular weight excluding hydrogens is 722 g/mol. The average Bonchev–Trinajstić information content (AvgIpc) is 3.14. The summed E-state index contributed by atoms with van der Waals surface area (Å²) in [5, 5.41) is 0.484. The van der Waals surface area contributed by atoms with Gasteiger partial charge in [-0.25, -0.2) is 0 Å². The van der Waals surface area contributed by atoms with Crippen LogP contribution in [-0.4, -0.2) is 16.6 Å². The molecule has 0 aromatic carbocycles. The maximum Gasteiger partial charge on any atom is -1.00 e. The van der Waals surface area contributed by atoms with Crippen LogP contribution in [-0.2, 0) is 31.8 Å². The number of allylic oxidation sites excluding steroid dienone is 6. The van der Waals surface area contributed by atoms with Crippen molar-refractivity contribution in [2.45, 2.75) is 149 Å². The molecule has 218 valence electrons. The third-order valence-corrected chi connectivity index (χ3v) is 26.9. The van der Waals surface area contributed by atoms with Gasteiger partial charge in [0, 0.05) is 0 Å². The Bertz CT molecular complexity index is 1020. The first-order chi connectivity index (χ1) is 17.1. The Balaban J connectivity index is 0.00000210. The number of halogens is 2. The molecule has 2 nitrogen and oxygen atoms in total. The average molecular weight is 774 g/mol. The van der Waals surface area contributed by atoms with E-state index in [1.807, 2.05) is 11.1 Å². The van der Waals surface area contributed by atoms with Crippen LogP contribution in [0.4, 0.5) is 0 Å². The van der Waals surface area contributed by atoms with Crippen molar-refractivity contribution in [1.29, 1.82) is 0 Å². The monoisotopic (exact) mass is 774 g/mol. The Hall–Kier alpha value is 0.444. The molecule has 0 bridgehead atoms. The zero-order valence-electron chi connectivity index (χ0n) is 26.3. The molecule has 39 heavy (non-hydrogen) atoms. The standard InChI is InChI=1S/C32H52O2Si2.2ClH.Hf/c1-31(2,3)35(7,8)33-29-25(21-23-15-11-13-17-27(23)29)19-20-26-22-24-16-12-14-18-28(24)30(26)34-36(9,10)32(4,5)6;;;/h21-22H,11-20H2,1-10H3;2*1H;/q;;;+2/p-2. The van der Waals surface area contributed by atoms with Crippen LogP contribution in [0.5, 0.6) is 0 Å². The maximum absolute atomic E-state index is 7.28. The van der Waals surface area contributed by atoms with E-state index < -0.39 is 39.5 Å². The van der Waals surface area contributed by atoms with Crippen LogP contribution >= 0.6 is 0 Å². The van der Waals surface area contributed by atoms with Crippen molar-refractivity contribution < 1.29 is 56.6 Å². The second-order valence-electron chi connectivity index (χ2n) is 15.4. The fourth-order valence-corrected chi connectivity index (χ4v) is 17.0. The topological polar surface area (TPSA) is 18.5 Å². The van der Waals surface area contributed by atoms with Crippen molar-refractivity contribution in [2.24, 2.45) is 0 Å². The van der Waals surface area contributed by atoms with Gasteiger partial charge in [0.1, 0.15) is 0 Å². The van der Waals surface area contributed by atoms with Crippen LogP contribution in [0.1, 0.15) is 106 Å². The Kier molecular flexibility index (Phi) is 10.3. The van der Waals surface area contributed by atoms with Crippen molar-refractivity contribution in [1.82, 2.24) is 0 Å². The summed E-state index contributed by atoms with van der Waals surface area (Å²) in [6, 6.07) is 0. The quantitative estimate of drug-likeness (QED) is 0.384. The fourth-order valence-electron chi connectivity index (χ4n) is 6.51. The summed E-state index contributed by atoms with van der Waals surface area (Å²) in [5.74, 6) is 2.84. The van der Waals surface area contributed by atoms with Gasteiger partial charge in [-0.3, -0.25) is 0 Å². The van der Waals surface area contributed by atoms with Crippen molar-refractivity contribution in [3.63, 3.8) is 0 Å². The van der Waals surface area contributed by atoms with Crippen molar-refractivity contribution in [3.05, 3.63) is 45.0 Å². The van der Waals surface area contributed by atoms with Gasteiger partial charge in [-0.2, -0.15) is 0 Å². The van der Waals surface area contributed by atoms with Crippen LogP contribution in [0, 0.1) is 0 Å². The number of fused-ring (bicyclic) bond motifs is 4. The Morgan fingerprint density at radius 2 is 0.872 bits per heavy atom. The molecule has 0 amide bonds. The first-order valence-electron chi connectivity index (χ1n) is 15.2. The minimum absolute atomic E-state index is 0. The van der Waals surface area contributed by atoms with Gasteiger partial charge in [-0.05, 0) is 0 Å². The molecule has 0 saturated carbocycles. The van der Waals surface area contributed by atoms with Gasteiger partial charge >= 0.3 is 243 Å². The summed E-state index contributed by atoms with van der Waals surface area (Å²) in [6.45, 7) is 24.2. The smallest absolute Gasteiger partial charge is 1.00 e. The molecule has 0 aromatic rings. The Morgan fingerprint density at radius 1 is 0.538 bits per heavy atom. The molecule has 2 atom stereocenters. The van der Waals surface area contributed by atoms with Crippen LogP contribution < -0.4 is 24.8 Å². The summed E-state index contributed by atoms with van der Waals surface area (Å²) >= 11 is -1.07. The van der Waals surface area contributed by atoms with Gasteiger partial charge in [0.2, 0.25) is 0 Å². The van der Waals surface area contributed by atoms with Crippen molar-refractivity contribution in [3.8, 4) is 0 Å². The van der Waals surface area contributed by atoms with E-state index in [-0.39, 0.29) is 34.9 Å². The summed E-state index contributed by atoms with van der Waals surface area (Å²) in [7, 11) is -3.75. The van der Waals surface area contributed by atoms with Gasteiger partial charge in [0.25, 0.3) is 0 Å². The minimum Gasteiger partial charge on any atom is -1.00 e. The van der Waals surface area contributed by atoms with Gasteiger partial charge < -0.3 is 24.8 Å². The summed E-state index contributed by atoms with van der Waals surface area (Å²) in [6.07, 6.45) is 13.1. The van der Waals surface area contributed by atoms with E-state index >= 15 is 0 Å². The van der Waals surface area contributed by atoms with Crippen molar-refractivity contribution >= 4 is 16.6 Å². The summed E-state index contributed by atoms with van der Waals surface area (Å²) in [5.41, 5.74) is 10.6.